The number of ether oxygens (including phenoxy) is 1. The zero-order valence-electron chi connectivity index (χ0n) is 16.4. The zero-order valence-corrected chi connectivity index (χ0v) is 17.1. The molecule has 3 rings (SSSR count). The lowest BCUT2D eigenvalue weighted by molar-refractivity contribution is -0.395. The highest BCUT2D eigenvalue weighted by Crippen LogP contribution is 2.32. The Morgan fingerprint density at radius 1 is 1.13 bits per heavy atom. The molecule has 2 aromatic carbocycles. The molecule has 0 aliphatic rings. The molecule has 12 heteroatoms. The Morgan fingerprint density at radius 3 is 2.39 bits per heavy atom. The summed E-state index contributed by atoms with van der Waals surface area (Å²) in [5.41, 5.74) is -0.196. The largest absolute Gasteiger partial charge is 0.470 e. The molecule has 31 heavy (non-hydrogen) atoms. The van der Waals surface area contributed by atoms with Crippen LogP contribution in [-0.4, -0.2) is 25.5 Å². The second kappa shape index (κ2) is 8.79. The highest BCUT2D eigenvalue weighted by atomic mass is 35.5. The van der Waals surface area contributed by atoms with Gasteiger partial charge in [0.1, 0.15) is 11.3 Å². The van der Waals surface area contributed by atoms with Crippen molar-refractivity contribution in [3.05, 3.63) is 84.7 Å². The van der Waals surface area contributed by atoms with Crippen LogP contribution in [0.4, 0.5) is 17.1 Å². The first kappa shape index (κ1) is 21.7. The van der Waals surface area contributed by atoms with E-state index in [1.165, 1.54) is 23.9 Å². The van der Waals surface area contributed by atoms with Crippen LogP contribution in [0.2, 0.25) is 5.02 Å². The highest BCUT2D eigenvalue weighted by Gasteiger charge is 2.24. The van der Waals surface area contributed by atoms with Gasteiger partial charge in [-0.25, -0.2) is 4.68 Å². The van der Waals surface area contributed by atoms with Crippen LogP contribution in [0.15, 0.2) is 42.6 Å². The van der Waals surface area contributed by atoms with E-state index in [0.29, 0.717) is 10.8 Å². The average molecular weight is 446 g/mol. The standard InChI is InChI=1S/C19H16ClN5O6/c1-11-3-4-14(20)18(7-11)31-10-23-6-5-15(22-23)19(26)21-13-8-16(24(27)28)12(2)17(9-13)25(29)30/h3-9H,10H2,1-2H3,(H,21,26). The number of hydrogen-bond donors (Lipinski definition) is 1. The van der Waals surface area contributed by atoms with Crippen LogP contribution in [0.1, 0.15) is 21.6 Å². The summed E-state index contributed by atoms with van der Waals surface area (Å²) in [5.74, 6) is -0.234. The molecule has 0 saturated heterocycles. The van der Waals surface area contributed by atoms with Crippen LogP contribution in [-0.2, 0) is 6.73 Å². The van der Waals surface area contributed by atoms with Crippen LogP contribution in [0, 0.1) is 34.1 Å². The first-order valence-corrected chi connectivity index (χ1v) is 9.20. The van der Waals surface area contributed by atoms with Gasteiger partial charge in [0.2, 0.25) is 0 Å². The molecule has 0 fully saturated rings. The molecule has 0 spiro atoms. The molecule has 1 N–H and O–H groups in total. The van der Waals surface area contributed by atoms with Gasteiger partial charge in [0.15, 0.2) is 12.4 Å². The number of rotatable bonds is 7. The van der Waals surface area contributed by atoms with Gasteiger partial charge in [-0.1, -0.05) is 17.7 Å². The van der Waals surface area contributed by atoms with E-state index < -0.39 is 27.1 Å². The van der Waals surface area contributed by atoms with Crippen molar-refractivity contribution in [2.45, 2.75) is 20.6 Å². The Balaban J connectivity index is 1.75. The number of amides is 1. The maximum atomic E-state index is 12.5. The molecule has 0 aliphatic heterocycles. The van der Waals surface area contributed by atoms with Gasteiger partial charge in [-0.3, -0.25) is 25.0 Å². The predicted molar refractivity (Wildman–Crippen MR) is 111 cm³/mol. The predicted octanol–water partition coefficient (Wildman–Crippen LogP) is 4.26. The molecular formula is C19H16ClN5O6. The van der Waals surface area contributed by atoms with Crippen molar-refractivity contribution in [2.24, 2.45) is 0 Å². The molecule has 0 radical (unpaired) electrons. The van der Waals surface area contributed by atoms with Gasteiger partial charge in [0.25, 0.3) is 17.3 Å². The first-order valence-electron chi connectivity index (χ1n) is 8.83. The van der Waals surface area contributed by atoms with Crippen molar-refractivity contribution in [2.75, 3.05) is 5.32 Å². The van der Waals surface area contributed by atoms with E-state index in [0.717, 1.165) is 17.7 Å². The minimum absolute atomic E-state index is 0.00943. The monoisotopic (exact) mass is 445 g/mol. The number of carbonyl (C=O) groups excluding carboxylic acids is 1. The number of nitrogens with zero attached hydrogens (tertiary/aromatic N) is 4. The lowest BCUT2D eigenvalue weighted by Gasteiger charge is -2.09. The van der Waals surface area contributed by atoms with Crippen LogP contribution in [0.5, 0.6) is 5.75 Å². The topological polar surface area (TPSA) is 142 Å². The van der Waals surface area contributed by atoms with E-state index in [9.17, 15) is 25.0 Å². The maximum absolute atomic E-state index is 12.5. The third kappa shape index (κ3) is 4.95. The summed E-state index contributed by atoms with van der Waals surface area (Å²) in [5, 5.41) is 29.2. The van der Waals surface area contributed by atoms with Gasteiger partial charge in [-0.2, -0.15) is 5.10 Å². The smallest absolute Gasteiger partial charge is 0.281 e. The van der Waals surface area contributed by atoms with Gasteiger partial charge < -0.3 is 10.1 Å². The second-order valence-corrected chi connectivity index (χ2v) is 6.96. The van der Waals surface area contributed by atoms with Gasteiger partial charge in [-0.05, 0) is 37.6 Å². The summed E-state index contributed by atoms with van der Waals surface area (Å²) >= 11 is 6.07. The van der Waals surface area contributed by atoms with Gasteiger partial charge in [-0.15, -0.1) is 0 Å². The van der Waals surface area contributed by atoms with Crippen molar-refractivity contribution in [1.82, 2.24) is 9.78 Å². The minimum Gasteiger partial charge on any atom is -0.470 e. The number of nitro benzene ring substituents is 2. The lowest BCUT2D eigenvalue weighted by atomic mass is 10.1. The molecular weight excluding hydrogens is 430 g/mol. The maximum Gasteiger partial charge on any atom is 0.281 e. The first-order chi connectivity index (χ1) is 14.7. The summed E-state index contributed by atoms with van der Waals surface area (Å²) in [6.07, 6.45) is 1.50. The number of benzene rings is 2. The number of nitrogens with one attached hydrogen (secondary N) is 1. The molecule has 0 atom stereocenters. The van der Waals surface area contributed by atoms with Crippen molar-refractivity contribution >= 4 is 34.6 Å². The van der Waals surface area contributed by atoms with E-state index >= 15 is 0 Å². The molecule has 1 amide bonds. The Morgan fingerprint density at radius 2 is 1.77 bits per heavy atom. The number of halogens is 1. The molecule has 0 unspecified atom stereocenters. The normalized spacial score (nSPS) is 10.5. The average Bonchev–Trinajstić information content (AvgIpc) is 3.18. The molecule has 1 heterocycles. The summed E-state index contributed by atoms with van der Waals surface area (Å²) in [6, 6.07) is 8.82. The summed E-state index contributed by atoms with van der Waals surface area (Å²) in [4.78, 5) is 33.3. The zero-order chi connectivity index (χ0) is 22.7. The van der Waals surface area contributed by atoms with E-state index in [1.54, 1.807) is 12.1 Å². The van der Waals surface area contributed by atoms with Crippen LogP contribution in [0.25, 0.3) is 0 Å². The lowest BCUT2D eigenvalue weighted by Crippen LogP contribution is -2.15. The van der Waals surface area contributed by atoms with E-state index in [1.807, 2.05) is 13.0 Å². The molecule has 160 valence electrons. The molecule has 0 saturated carbocycles. The van der Waals surface area contributed by atoms with Crippen LogP contribution >= 0.6 is 11.6 Å². The van der Waals surface area contributed by atoms with Gasteiger partial charge in [0, 0.05) is 18.3 Å². The minimum atomic E-state index is -0.750. The van der Waals surface area contributed by atoms with Crippen molar-refractivity contribution in [1.29, 1.82) is 0 Å². The Kier molecular flexibility index (Phi) is 6.16. The summed E-state index contributed by atoms with van der Waals surface area (Å²) < 4.78 is 6.95. The number of carbonyl (C=O) groups is 1. The molecule has 0 bridgehead atoms. The fraction of sp³-hybridized carbons (Fsp3) is 0.158. The molecule has 1 aromatic heterocycles. The number of anilines is 1. The Labute approximate surface area is 180 Å². The van der Waals surface area contributed by atoms with Crippen molar-refractivity contribution in [3.8, 4) is 5.75 Å². The second-order valence-electron chi connectivity index (χ2n) is 6.56. The van der Waals surface area contributed by atoms with Crippen LogP contribution in [0.3, 0.4) is 0 Å². The highest BCUT2D eigenvalue weighted by molar-refractivity contribution is 6.32. The summed E-state index contributed by atoms with van der Waals surface area (Å²) in [7, 11) is 0. The third-order valence-electron chi connectivity index (χ3n) is 4.32. The van der Waals surface area contributed by atoms with E-state index in [4.69, 9.17) is 16.3 Å². The fourth-order valence-electron chi connectivity index (χ4n) is 2.74. The molecule has 3 aromatic rings. The van der Waals surface area contributed by atoms with Crippen molar-refractivity contribution in [3.63, 3.8) is 0 Å². The third-order valence-corrected chi connectivity index (χ3v) is 4.63. The van der Waals surface area contributed by atoms with Gasteiger partial charge >= 0.3 is 0 Å². The molecule has 11 nitrogen and oxygen atoms in total. The SMILES string of the molecule is Cc1ccc(Cl)c(OCn2ccc(C(=O)Nc3cc([N+](=O)[O-])c(C)c([N+](=O)[O-])c3)n2)c1. The fourth-order valence-corrected chi connectivity index (χ4v) is 2.91. The van der Waals surface area contributed by atoms with Gasteiger partial charge in [0.05, 0.1) is 20.6 Å². The van der Waals surface area contributed by atoms with E-state index in [2.05, 4.69) is 10.4 Å². The summed E-state index contributed by atoms with van der Waals surface area (Å²) in [6.45, 7) is 3.14. The van der Waals surface area contributed by atoms with E-state index in [-0.39, 0.29) is 23.7 Å². The quantitative estimate of drug-likeness (QED) is 0.422. The number of aryl methyl sites for hydroxylation is 1. The number of hydrogen-bond acceptors (Lipinski definition) is 7. The number of nitro groups is 2. The Bertz CT molecular complexity index is 1160. The van der Waals surface area contributed by atoms with Crippen molar-refractivity contribution < 1.29 is 19.4 Å². The molecule has 0 aliphatic carbocycles. The Hall–Kier alpha value is -3.99. The number of aromatic nitrogens is 2. The van der Waals surface area contributed by atoms with Crippen LogP contribution < -0.4 is 10.1 Å².